The lowest BCUT2D eigenvalue weighted by molar-refractivity contribution is -0.387. The number of aliphatic hydroxyl groups excluding tert-OH is 1. The largest absolute Gasteiger partial charge is 0.396 e. The lowest BCUT2D eigenvalue weighted by Crippen LogP contribution is -2.36. The Morgan fingerprint density at radius 3 is 2.50 bits per heavy atom. The summed E-state index contributed by atoms with van der Waals surface area (Å²) in [6, 6.07) is 2.34. The van der Waals surface area contributed by atoms with Crippen molar-refractivity contribution in [2.45, 2.75) is 18.7 Å². The second kappa shape index (κ2) is 5.81. The molecule has 0 saturated carbocycles. The van der Waals surface area contributed by atoms with Crippen molar-refractivity contribution >= 4 is 15.7 Å². The fourth-order valence-electron chi connectivity index (χ4n) is 1.23. The molecular weight excluding hydrogens is 291 g/mol. The van der Waals surface area contributed by atoms with Gasteiger partial charge in [0.15, 0.2) is 0 Å². The van der Waals surface area contributed by atoms with E-state index in [2.05, 4.69) is 4.72 Å². The molecule has 0 aliphatic carbocycles. The molecule has 0 aliphatic rings. The molecule has 1 rings (SSSR count). The highest BCUT2D eigenvalue weighted by Gasteiger charge is 2.24. The standard InChI is InChI=1S/C11H15FN2O5S/c1-11(2,7-15)6-13-20(18,19)8-3-4-10(14(16)17)9(12)5-8/h3-5,13,15H,6-7H2,1-2H3. The average Bonchev–Trinajstić information content (AvgIpc) is 2.36. The first-order valence-electron chi connectivity index (χ1n) is 5.63. The number of rotatable bonds is 6. The van der Waals surface area contributed by atoms with E-state index in [4.69, 9.17) is 5.11 Å². The molecule has 1 aromatic carbocycles. The number of nitrogens with zero attached hydrogens (tertiary/aromatic N) is 1. The van der Waals surface area contributed by atoms with Gasteiger partial charge < -0.3 is 5.11 Å². The topological polar surface area (TPSA) is 110 Å². The summed E-state index contributed by atoms with van der Waals surface area (Å²) in [5.41, 5.74) is -1.47. The van der Waals surface area contributed by atoms with Crippen LogP contribution in [0.5, 0.6) is 0 Å². The van der Waals surface area contributed by atoms with E-state index in [1.54, 1.807) is 13.8 Å². The zero-order valence-electron chi connectivity index (χ0n) is 11.0. The van der Waals surface area contributed by atoms with Crippen molar-refractivity contribution in [3.8, 4) is 0 Å². The number of nitro benzene ring substituents is 1. The fraction of sp³-hybridized carbons (Fsp3) is 0.455. The van der Waals surface area contributed by atoms with Gasteiger partial charge in [0.05, 0.1) is 9.82 Å². The number of halogens is 1. The molecule has 0 atom stereocenters. The molecule has 0 heterocycles. The number of hydrogen-bond acceptors (Lipinski definition) is 5. The maximum Gasteiger partial charge on any atom is 0.304 e. The molecule has 0 spiro atoms. The molecule has 0 aromatic heterocycles. The Kier molecular flexibility index (Phi) is 4.79. The minimum Gasteiger partial charge on any atom is -0.396 e. The van der Waals surface area contributed by atoms with Gasteiger partial charge in [-0.3, -0.25) is 10.1 Å². The lowest BCUT2D eigenvalue weighted by atomic mass is 9.96. The van der Waals surface area contributed by atoms with Crippen LogP contribution in [-0.4, -0.2) is 31.6 Å². The first-order valence-corrected chi connectivity index (χ1v) is 7.12. The first kappa shape index (κ1) is 16.5. The normalized spacial score (nSPS) is 12.4. The van der Waals surface area contributed by atoms with Gasteiger partial charge in [0.2, 0.25) is 15.8 Å². The van der Waals surface area contributed by atoms with Crippen LogP contribution in [0.3, 0.4) is 0 Å². The Balaban J connectivity index is 2.99. The van der Waals surface area contributed by atoms with Crippen molar-refractivity contribution in [2.75, 3.05) is 13.2 Å². The molecule has 0 amide bonds. The predicted octanol–water partition coefficient (Wildman–Crippen LogP) is 1.03. The molecular formula is C11H15FN2O5S. The van der Waals surface area contributed by atoms with Crippen LogP contribution in [0.1, 0.15) is 13.8 Å². The van der Waals surface area contributed by atoms with Crippen molar-refractivity contribution in [1.29, 1.82) is 0 Å². The van der Waals surface area contributed by atoms with E-state index in [1.807, 2.05) is 0 Å². The molecule has 0 bridgehead atoms. The van der Waals surface area contributed by atoms with Crippen LogP contribution < -0.4 is 4.72 Å². The SMILES string of the molecule is CC(C)(CO)CNS(=O)(=O)c1ccc([N+](=O)[O-])c(F)c1. The summed E-state index contributed by atoms with van der Waals surface area (Å²) in [7, 11) is -3.99. The number of sulfonamides is 1. The molecule has 0 fully saturated rings. The van der Waals surface area contributed by atoms with Crippen LogP contribution in [0.4, 0.5) is 10.1 Å². The second-order valence-electron chi connectivity index (χ2n) is 5.02. The van der Waals surface area contributed by atoms with Crippen molar-refractivity contribution in [1.82, 2.24) is 4.72 Å². The summed E-state index contributed by atoms with van der Waals surface area (Å²) >= 11 is 0. The molecule has 20 heavy (non-hydrogen) atoms. The van der Waals surface area contributed by atoms with Crippen molar-refractivity contribution < 1.29 is 22.8 Å². The van der Waals surface area contributed by atoms with Gasteiger partial charge in [-0.1, -0.05) is 13.8 Å². The van der Waals surface area contributed by atoms with Gasteiger partial charge >= 0.3 is 5.69 Å². The van der Waals surface area contributed by atoms with Gasteiger partial charge in [0.1, 0.15) is 0 Å². The first-order chi connectivity index (χ1) is 9.09. The molecule has 9 heteroatoms. The van der Waals surface area contributed by atoms with Gasteiger partial charge in [-0.05, 0) is 6.07 Å². The summed E-state index contributed by atoms with van der Waals surface area (Å²) in [6.07, 6.45) is 0. The number of nitrogens with one attached hydrogen (secondary N) is 1. The summed E-state index contributed by atoms with van der Waals surface area (Å²) in [5.74, 6) is -1.22. The van der Waals surface area contributed by atoms with E-state index < -0.39 is 36.8 Å². The van der Waals surface area contributed by atoms with E-state index in [-0.39, 0.29) is 13.2 Å². The summed E-state index contributed by atoms with van der Waals surface area (Å²) in [5, 5.41) is 19.5. The highest BCUT2D eigenvalue weighted by molar-refractivity contribution is 7.89. The van der Waals surface area contributed by atoms with E-state index in [0.29, 0.717) is 6.07 Å². The van der Waals surface area contributed by atoms with Gasteiger partial charge in [0, 0.05) is 30.7 Å². The van der Waals surface area contributed by atoms with E-state index >= 15 is 0 Å². The van der Waals surface area contributed by atoms with E-state index in [9.17, 15) is 22.9 Å². The van der Waals surface area contributed by atoms with Crippen molar-refractivity contribution in [2.24, 2.45) is 5.41 Å². The molecule has 2 N–H and O–H groups in total. The van der Waals surface area contributed by atoms with Crippen LogP contribution in [0.15, 0.2) is 23.1 Å². The monoisotopic (exact) mass is 306 g/mol. The maximum absolute atomic E-state index is 13.4. The Morgan fingerprint density at radius 2 is 2.05 bits per heavy atom. The van der Waals surface area contributed by atoms with E-state index in [0.717, 1.165) is 12.1 Å². The number of nitro groups is 1. The second-order valence-corrected chi connectivity index (χ2v) is 6.78. The van der Waals surface area contributed by atoms with Crippen molar-refractivity contribution in [3.05, 3.63) is 34.1 Å². The fourth-order valence-corrected chi connectivity index (χ4v) is 2.49. The van der Waals surface area contributed by atoms with Crippen LogP contribution in [0.25, 0.3) is 0 Å². The van der Waals surface area contributed by atoms with Crippen LogP contribution in [0, 0.1) is 21.3 Å². The number of aliphatic hydroxyl groups is 1. The van der Waals surface area contributed by atoms with Crippen LogP contribution >= 0.6 is 0 Å². The molecule has 0 saturated heterocycles. The molecule has 0 aliphatic heterocycles. The van der Waals surface area contributed by atoms with Gasteiger partial charge in [-0.15, -0.1) is 0 Å². The van der Waals surface area contributed by atoms with Crippen molar-refractivity contribution in [3.63, 3.8) is 0 Å². The van der Waals surface area contributed by atoms with Gasteiger partial charge in [-0.2, -0.15) is 4.39 Å². The smallest absolute Gasteiger partial charge is 0.304 e. The van der Waals surface area contributed by atoms with Crippen LogP contribution in [-0.2, 0) is 10.0 Å². The third kappa shape index (κ3) is 3.95. The number of benzene rings is 1. The minimum absolute atomic E-state index is 0.0512. The highest BCUT2D eigenvalue weighted by Crippen LogP contribution is 2.21. The zero-order chi connectivity index (χ0) is 15.6. The summed E-state index contributed by atoms with van der Waals surface area (Å²) < 4.78 is 39.4. The molecule has 0 unspecified atom stereocenters. The quantitative estimate of drug-likeness (QED) is 0.602. The average molecular weight is 306 g/mol. The van der Waals surface area contributed by atoms with E-state index in [1.165, 1.54) is 0 Å². The summed E-state index contributed by atoms with van der Waals surface area (Å²) in [4.78, 5) is 9.11. The molecule has 0 radical (unpaired) electrons. The predicted molar refractivity (Wildman–Crippen MR) is 69.1 cm³/mol. The van der Waals surface area contributed by atoms with Gasteiger partial charge in [0.25, 0.3) is 0 Å². The minimum atomic E-state index is -3.99. The number of hydrogen-bond donors (Lipinski definition) is 2. The third-order valence-electron chi connectivity index (χ3n) is 2.59. The Labute approximate surface area is 115 Å². The Bertz CT molecular complexity index is 615. The Hall–Kier alpha value is -1.58. The summed E-state index contributed by atoms with van der Waals surface area (Å²) in [6.45, 7) is 3.01. The molecule has 1 aromatic rings. The maximum atomic E-state index is 13.4. The molecule has 7 nitrogen and oxygen atoms in total. The van der Waals surface area contributed by atoms with Crippen LogP contribution in [0.2, 0.25) is 0 Å². The zero-order valence-corrected chi connectivity index (χ0v) is 11.8. The Morgan fingerprint density at radius 1 is 1.45 bits per heavy atom. The molecule has 112 valence electrons. The highest BCUT2D eigenvalue weighted by atomic mass is 32.2. The lowest BCUT2D eigenvalue weighted by Gasteiger charge is -2.21. The third-order valence-corrected chi connectivity index (χ3v) is 3.99. The van der Waals surface area contributed by atoms with Gasteiger partial charge in [-0.25, -0.2) is 13.1 Å².